The third-order valence-electron chi connectivity index (χ3n) is 4.67. The van der Waals surface area contributed by atoms with E-state index in [0.717, 1.165) is 29.7 Å². The Morgan fingerprint density at radius 3 is 2.33 bits per heavy atom. The van der Waals surface area contributed by atoms with E-state index >= 15 is 0 Å². The van der Waals surface area contributed by atoms with Gasteiger partial charge in [-0.1, -0.05) is 54.6 Å². The molecule has 0 unspecified atom stereocenters. The molecule has 3 rings (SSSR count). The maximum absolute atomic E-state index is 12.2. The summed E-state index contributed by atoms with van der Waals surface area (Å²) >= 11 is 0. The lowest BCUT2D eigenvalue weighted by molar-refractivity contribution is -0.128. The van der Waals surface area contributed by atoms with Gasteiger partial charge in [-0.2, -0.15) is 0 Å². The molecule has 1 heterocycles. The second-order valence-electron chi connectivity index (χ2n) is 6.75. The summed E-state index contributed by atoms with van der Waals surface area (Å²) in [5.41, 5.74) is 9.17. The standard InChI is InChI=1S/C21H25N3O2.ClH/c22-19(13-16-5-2-1-3-6-16)21(26)23-14-17-8-10-18(11-9-17)15-24-12-4-7-20(24)25;/h1-3,5-6,8-11,19H,4,7,12-15,22H2,(H,23,26);1H/t19-;/m0./s1. The van der Waals surface area contributed by atoms with Gasteiger partial charge in [-0.3, -0.25) is 9.59 Å². The van der Waals surface area contributed by atoms with Crippen molar-refractivity contribution in [3.05, 3.63) is 71.3 Å². The molecule has 0 radical (unpaired) electrons. The molecule has 5 nitrogen and oxygen atoms in total. The van der Waals surface area contributed by atoms with Gasteiger partial charge in [-0.25, -0.2) is 0 Å². The SMILES string of the molecule is Cl.N[C@@H](Cc1ccccc1)C(=O)NCc1ccc(CN2CCCC2=O)cc1. The second kappa shape index (κ2) is 10.1. The van der Waals surface area contributed by atoms with Crippen molar-refractivity contribution < 1.29 is 9.59 Å². The molecule has 2 aromatic rings. The monoisotopic (exact) mass is 387 g/mol. The third-order valence-corrected chi connectivity index (χ3v) is 4.67. The Kier molecular flexibility index (Phi) is 7.82. The number of nitrogens with one attached hydrogen (secondary N) is 1. The van der Waals surface area contributed by atoms with E-state index in [9.17, 15) is 9.59 Å². The maximum atomic E-state index is 12.2. The van der Waals surface area contributed by atoms with Crippen LogP contribution in [-0.4, -0.2) is 29.3 Å². The lowest BCUT2D eigenvalue weighted by Crippen LogP contribution is -2.41. The number of amides is 2. The quantitative estimate of drug-likeness (QED) is 0.766. The summed E-state index contributed by atoms with van der Waals surface area (Å²) in [4.78, 5) is 25.7. The zero-order valence-corrected chi connectivity index (χ0v) is 16.1. The minimum atomic E-state index is -0.558. The molecule has 27 heavy (non-hydrogen) atoms. The predicted molar refractivity (Wildman–Crippen MR) is 108 cm³/mol. The van der Waals surface area contributed by atoms with E-state index < -0.39 is 6.04 Å². The van der Waals surface area contributed by atoms with Gasteiger partial charge in [0.05, 0.1) is 6.04 Å². The number of likely N-dealkylation sites (tertiary alicyclic amines) is 1. The minimum absolute atomic E-state index is 0. The summed E-state index contributed by atoms with van der Waals surface area (Å²) in [5.74, 6) is 0.0781. The Bertz CT molecular complexity index is 750. The van der Waals surface area contributed by atoms with E-state index in [2.05, 4.69) is 5.32 Å². The molecule has 0 aliphatic carbocycles. The van der Waals surface area contributed by atoms with Gasteiger partial charge in [0.2, 0.25) is 11.8 Å². The molecule has 1 aliphatic rings. The first-order valence-corrected chi connectivity index (χ1v) is 9.04. The zero-order valence-electron chi connectivity index (χ0n) is 15.3. The average molecular weight is 388 g/mol. The largest absolute Gasteiger partial charge is 0.351 e. The molecule has 2 aromatic carbocycles. The van der Waals surface area contributed by atoms with Crippen molar-refractivity contribution >= 4 is 24.2 Å². The van der Waals surface area contributed by atoms with Crippen LogP contribution in [-0.2, 0) is 29.1 Å². The molecule has 1 fully saturated rings. The highest BCUT2D eigenvalue weighted by Crippen LogP contribution is 2.14. The van der Waals surface area contributed by atoms with Crippen molar-refractivity contribution in [2.24, 2.45) is 5.73 Å². The lowest BCUT2D eigenvalue weighted by atomic mass is 10.1. The van der Waals surface area contributed by atoms with Crippen LogP contribution in [0.25, 0.3) is 0 Å². The normalized spacial score (nSPS) is 14.6. The number of rotatable bonds is 7. The number of carbonyl (C=O) groups excluding carboxylic acids is 2. The number of nitrogens with two attached hydrogens (primary N) is 1. The van der Waals surface area contributed by atoms with Gasteiger partial charge in [0.1, 0.15) is 0 Å². The van der Waals surface area contributed by atoms with Crippen LogP contribution in [0.3, 0.4) is 0 Å². The molecule has 0 saturated carbocycles. The van der Waals surface area contributed by atoms with Gasteiger partial charge in [-0.15, -0.1) is 12.4 Å². The van der Waals surface area contributed by atoms with E-state index in [0.29, 0.717) is 25.9 Å². The molecule has 2 amide bonds. The first kappa shape index (κ1) is 20.9. The Morgan fingerprint density at radius 1 is 1.04 bits per heavy atom. The third kappa shape index (κ3) is 6.08. The van der Waals surface area contributed by atoms with Crippen LogP contribution < -0.4 is 11.1 Å². The number of hydrogen-bond donors (Lipinski definition) is 2. The number of benzene rings is 2. The molecule has 0 spiro atoms. The van der Waals surface area contributed by atoms with Crippen LogP contribution in [0.15, 0.2) is 54.6 Å². The number of halogens is 1. The predicted octanol–water partition coefficient (Wildman–Crippen LogP) is 2.42. The summed E-state index contributed by atoms with van der Waals surface area (Å²) < 4.78 is 0. The van der Waals surface area contributed by atoms with Crippen molar-refractivity contribution in [2.45, 2.75) is 38.4 Å². The summed E-state index contributed by atoms with van der Waals surface area (Å²) in [6, 6.07) is 17.2. The summed E-state index contributed by atoms with van der Waals surface area (Å²) in [7, 11) is 0. The summed E-state index contributed by atoms with van der Waals surface area (Å²) in [6.45, 7) is 1.95. The zero-order chi connectivity index (χ0) is 18.4. The summed E-state index contributed by atoms with van der Waals surface area (Å²) in [5, 5.41) is 2.89. The van der Waals surface area contributed by atoms with Crippen molar-refractivity contribution in [1.29, 1.82) is 0 Å². The van der Waals surface area contributed by atoms with E-state index in [-0.39, 0.29) is 24.2 Å². The Hall–Kier alpha value is -2.37. The van der Waals surface area contributed by atoms with Crippen molar-refractivity contribution in [1.82, 2.24) is 10.2 Å². The highest BCUT2D eigenvalue weighted by atomic mass is 35.5. The van der Waals surface area contributed by atoms with Gasteiger partial charge in [0.15, 0.2) is 0 Å². The Labute approximate surface area is 166 Å². The molecule has 3 N–H and O–H groups in total. The smallest absolute Gasteiger partial charge is 0.237 e. The fraction of sp³-hybridized carbons (Fsp3) is 0.333. The van der Waals surface area contributed by atoms with E-state index in [4.69, 9.17) is 5.73 Å². The molecule has 0 aromatic heterocycles. The van der Waals surface area contributed by atoms with Crippen molar-refractivity contribution in [2.75, 3.05) is 6.54 Å². The van der Waals surface area contributed by atoms with Crippen LogP contribution in [0, 0.1) is 0 Å². The molecule has 1 aliphatic heterocycles. The average Bonchev–Trinajstić information content (AvgIpc) is 3.06. The highest BCUT2D eigenvalue weighted by Gasteiger charge is 2.19. The molecule has 1 atom stereocenters. The van der Waals surface area contributed by atoms with Crippen LogP contribution in [0.1, 0.15) is 29.5 Å². The van der Waals surface area contributed by atoms with Gasteiger partial charge in [-0.05, 0) is 29.5 Å². The topological polar surface area (TPSA) is 75.4 Å². The maximum Gasteiger partial charge on any atom is 0.237 e. The van der Waals surface area contributed by atoms with E-state index in [1.54, 1.807) is 0 Å². The number of carbonyl (C=O) groups is 2. The molecule has 6 heteroatoms. The van der Waals surface area contributed by atoms with E-state index in [1.165, 1.54) is 0 Å². The van der Waals surface area contributed by atoms with Gasteiger partial charge in [0.25, 0.3) is 0 Å². The highest BCUT2D eigenvalue weighted by molar-refractivity contribution is 5.85. The fourth-order valence-corrected chi connectivity index (χ4v) is 3.14. The van der Waals surface area contributed by atoms with Crippen LogP contribution in [0.5, 0.6) is 0 Å². The van der Waals surface area contributed by atoms with Crippen LogP contribution in [0.2, 0.25) is 0 Å². The first-order valence-electron chi connectivity index (χ1n) is 9.04. The molecule has 0 bridgehead atoms. The minimum Gasteiger partial charge on any atom is -0.351 e. The van der Waals surface area contributed by atoms with Gasteiger partial charge < -0.3 is 16.0 Å². The molecule has 144 valence electrons. The fourth-order valence-electron chi connectivity index (χ4n) is 3.14. The van der Waals surface area contributed by atoms with Gasteiger partial charge >= 0.3 is 0 Å². The van der Waals surface area contributed by atoms with Crippen LogP contribution >= 0.6 is 12.4 Å². The second-order valence-corrected chi connectivity index (χ2v) is 6.75. The van der Waals surface area contributed by atoms with Crippen molar-refractivity contribution in [3.8, 4) is 0 Å². The van der Waals surface area contributed by atoms with E-state index in [1.807, 2.05) is 59.5 Å². The molecule has 1 saturated heterocycles. The lowest BCUT2D eigenvalue weighted by Gasteiger charge is -2.16. The Balaban J connectivity index is 0.00000261. The molecular formula is C21H26ClN3O2. The van der Waals surface area contributed by atoms with Crippen molar-refractivity contribution in [3.63, 3.8) is 0 Å². The van der Waals surface area contributed by atoms with Gasteiger partial charge in [0, 0.05) is 26.1 Å². The van der Waals surface area contributed by atoms with Crippen LogP contribution in [0.4, 0.5) is 0 Å². The Morgan fingerprint density at radius 2 is 1.70 bits per heavy atom. The number of hydrogen-bond acceptors (Lipinski definition) is 3. The molecular weight excluding hydrogens is 362 g/mol. The number of nitrogens with zero attached hydrogens (tertiary/aromatic N) is 1. The first-order chi connectivity index (χ1) is 12.6. The summed E-state index contributed by atoms with van der Waals surface area (Å²) in [6.07, 6.45) is 2.13.